The van der Waals surface area contributed by atoms with Crippen LogP contribution >= 0.6 is 0 Å². The first-order valence-electron chi connectivity index (χ1n) is 8.15. The van der Waals surface area contributed by atoms with E-state index in [1.54, 1.807) is 0 Å². The molecule has 5 heteroatoms. The van der Waals surface area contributed by atoms with Crippen molar-refractivity contribution in [3.05, 3.63) is 53.8 Å². The molecule has 128 valence electrons. The molecule has 0 aromatic heterocycles. The number of hydrogen-bond donors (Lipinski definition) is 1. The van der Waals surface area contributed by atoms with Gasteiger partial charge in [-0.1, -0.05) is 19.1 Å². The van der Waals surface area contributed by atoms with E-state index in [1.165, 1.54) is 12.1 Å². The van der Waals surface area contributed by atoms with Crippen molar-refractivity contribution in [3.63, 3.8) is 0 Å². The number of rotatable bonds is 7. The first-order valence-corrected chi connectivity index (χ1v) is 8.15. The Bertz CT molecular complexity index is 675. The third-order valence-corrected chi connectivity index (χ3v) is 4.32. The zero-order chi connectivity index (χ0) is 16.9. The topological polar surface area (TPSA) is 53.7 Å². The van der Waals surface area contributed by atoms with Crippen molar-refractivity contribution in [1.82, 2.24) is 0 Å². The minimum Gasteiger partial charge on any atom is -0.493 e. The van der Waals surface area contributed by atoms with Crippen LogP contribution < -0.4 is 19.9 Å². The van der Waals surface area contributed by atoms with E-state index in [-0.39, 0.29) is 24.4 Å². The second-order valence-electron chi connectivity index (χ2n) is 6.04. The van der Waals surface area contributed by atoms with E-state index in [1.807, 2.05) is 30.3 Å². The van der Waals surface area contributed by atoms with E-state index in [0.29, 0.717) is 18.9 Å². The Morgan fingerprint density at radius 2 is 1.88 bits per heavy atom. The molecule has 0 radical (unpaired) electrons. The average Bonchev–Trinajstić information content (AvgIpc) is 3.06. The summed E-state index contributed by atoms with van der Waals surface area (Å²) in [4.78, 5) is 0. The van der Waals surface area contributed by atoms with Gasteiger partial charge in [0.1, 0.15) is 11.6 Å². The van der Waals surface area contributed by atoms with Crippen LogP contribution in [0.5, 0.6) is 17.2 Å². The summed E-state index contributed by atoms with van der Waals surface area (Å²) < 4.78 is 29.7. The van der Waals surface area contributed by atoms with Crippen molar-refractivity contribution in [3.8, 4) is 17.2 Å². The standard InChI is InChI=1S/C19H22FNO3/c1-13(17(8-9-21)14-2-4-15(20)5-3-14)11-22-16-6-7-18-19(10-16)24-12-23-18/h2-7,10,13,17H,8-9,11-12,21H2,1H3/t13-,17?/m0/s1. The van der Waals surface area contributed by atoms with Crippen molar-refractivity contribution in [2.45, 2.75) is 19.3 Å². The van der Waals surface area contributed by atoms with Crippen LogP contribution in [0.2, 0.25) is 0 Å². The Morgan fingerprint density at radius 1 is 1.12 bits per heavy atom. The molecule has 2 aromatic rings. The van der Waals surface area contributed by atoms with Crippen molar-refractivity contribution < 1.29 is 18.6 Å². The Kier molecular flexibility index (Phi) is 5.20. The summed E-state index contributed by atoms with van der Waals surface area (Å²) >= 11 is 0. The van der Waals surface area contributed by atoms with E-state index in [2.05, 4.69) is 6.92 Å². The molecule has 2 aromatic carbocycles. The Balaban J connectivity index is 1.65. The van der Waals surface area contributed by atoms with Gasteiger partial charge >= 0.3 is 0 Å². The molecule has 2 N–H and O–H groups in total. The lowest BCUT2D eigenvalue weighted by molar-refractivity contribution is 0.173. The lowest BCUT2D eigenvalue weighted by atomic mass is 9.85. The molecule has 3 rings (SSSR count). The number of ether oxygens (including phenoxy) is 3. The molecule has 1 heterocycles. The van der Waals surface area contributed by atoms with Gasteiger partial charge in [0.05, 0.1) is 6.61 Å². The molecule has 0 spiro atoms. The molecule has 4 nitrogen and oxygen atoms in total. The summed E-state index contributed by atoms with van der Waals surface area (Å²) in [6.45, 7) is 3.49. The summed E-state index contributed by atoms with van der Waals surface area (Å²) in [7, 11) is 0. The summed E-state index contributed by atoms with van der Waals surface area (Å²) in [5, 5.41) is 0. The maximum Gasteiger partial charge on any atom is 0.231 e. The van der Waals surface area contributed by atoms with E-state index in [4.69, 9.17) is 19.9 Å². The van der Waals surface area contributed by atoms with Gasteiger partial charge < -0.3 is 19.9 Å². The molecule has 0 bridgehead atoms. The molecular weight excluding hydrogens is 309 g/mol. The smallest absolute Gasteiger partial charge is 0.231 e. The summed E-state index contributed by atoms with van der Waals surface area (Å²) in [6.07, 6.45) is 0.831. The highest BCUT2D eigenvalue weighted by atomic mass is 19.1. The van der Waals surface area contributed by atoms with Crippen LogP contribution in [0.25, 0.3) is 0 Å². The van der Waals surface area contributed by atoms with Crippen LogP contribution in [0, 0.1) is 11.7 Å². The first-order chi connectivity index (χ1) is 11.7. The van der Waals surface area contributed by atoms with Crippen LogP contribution in [-0.2, 0) is 0 Å². The second kappa shape index (κ2) is 7.53. The van der Waals surface area contributed by atoms with Gasteiger partial charge in [-0.05, 0) is 54.6 Å². The number of hydrogen-bond acceptors (Lipinski definition) is 4. The van der Waals surface area contributed by atoms with Gasteiger partial charge in [-0.25, -0.2) is 4.39 Å². The van der Waals surface area contributed by atoms with Gasteiger partial charge in [0.25, 0.3) is 0 Å². The molecule has 0 saturated heterocycles. The molecule has 0 aliphatic carbocycles. The van der Waals surface area contributed by atoms with Gasteiger partial charge in [-0.3, -0.25) is 0 Å². The van der Waals surface area contributed by atoms with Crippen LogP contribution in [-0.4, -0.2) is 19.9 Å². The lowest BCUT2D eigenvalue weighted by Gasteiger charge is -2.24. The van der Waals surface area contributed by atoms with Crippen molar-refractivity contribution in [1.29, 1.82) is 0 Å². The SMILES string of the molecule is C[C@@H](COc1ccc2c(c1)OCO2)C(CCN)c1ccc(F)cc1. The minimum absolute atomic E-state index is 0.226. The highest BCUT2D eigenvalue weighted by molar-refractivity contribution is 5.46. The molecule has 1 unspecified atom stereocenters. The Labute approximate surface area is 141 Å². The number of fused-ring (bicyclic) bond motifs is 1. The Hall–Kier alpha value is -2.27. The number of halogens is 1. The van der Waals surface area contributed by atoms with Gasteiger partial charge in [-0.2, -0.15) is 0 Å². The van der Waals surface area contributed by atoms with Gasteiger partial charge in [0.2, 0.25) is 6.79 Å². The van der Waals surface area contributed by atoms with Gasteiger partial charge in [-0.15, -0.1) is 0 Å². The van der Waals surface area contributed by atoms with E-state index in [0.717, 1.165) is 23.5 Å². The molecule has 2 atom stereocenters. The molecule has 24 heavy (non-hydrogen) atoms. The van der Waals surface area contributed by atoms with Crippen LogP contribution in [0.15, 0.2) is 42.5 Å². The fraction of sp³-hybridized carbons (Fsp3) is 0.368. The molecule has 0 amide bonds. The summed E-state index contributed by atoms with van der Waals surface area (Å²) in [5.41, 5.74) is 6.84. The van der Waals surface area contributed by atoms with Crippen LogP contribution in [0.3, 0.4) is 0 Å². The van der Waals surface area contributed by atoms with Crippen LogP contribution in [0.1, 0.15) is 24.8 Å². The quantitative estimate of drug-likeness (QED) is 0.840. The zero-order valence-corrected chi connectivity index (χ0v) is 13.7. The Morgan fingerprint density at radius 3 is 2.62 bits per heavy atom. The molecule has 1 aliphatic heterocycles. The zero-order valence-electron chi connectivity index (χ0n) is 13.7. The molecular formula is C19H22FNO3. The maximum atomic E-state index is 13.1. The van der Waals surface area contributed by atoms with E-state index < -0.39 is 0 Å². The highest BCUT2D eigenvalue weighted by Crippen LogP contribution is 2.36. The summed E-state index contributed by atoms with van der Waals surface area (Å²) in [6, 6.07) is 12.2. The van der Waals surface area contributed by atoms with Crippen molar-refractivity contribution in [2.24, 2.45) is 11.7 Å². The third kappa shape index (κ3) is 3.79. The van der Waals surface area contributed by atoms with Gasteiger partial charge in [0.15, 0.2) is 11.5 Å². The number of nitrogens with two attached hydrogens (primary N) is 1. The fourth-order valence-corrected chi connectivity index (χ4v) is 2.98. The maximum absolute atomic E-state index is 13.1. The average molecular weight is 331 g/mol. The molecule has 0 saturated carbocycles. The first kappa shape index (κ1) is 16.6. The van der Waals surface area contributed by atoms with Crippen molar-refractivity contribution in [2.75, 3.05) is 19.9 Å². The third-order valence-electron chi connectivity index (χ3n) is 4.32. The normalized spacial score (nSPS) is 15.1. The largest absolute Gasteiger partial charge is 0.493 e. The number of benzene rings is 2. The highest BCUT2D eigenvalue weighted by Gasteiger charge is 2.20. The van der Waals surface area contributed by atoms with E-state index >= 15 is 0 Å². The molecule has 1 aliphatic rings. The molecule has 0 fully saturated rings. The van der Waals surface area contributed by atoms with Crippen LogP contribution in [0.4, 0.5) is 4.39 Å². The summed E-state index contributed by atoms with van der Waals surface area (Å²) in [5.74, 6) is 2.43. The predicted octanol–water partition coefficient (Wildman–Crippen LogP) is 3.70. The van der Waals surface area contributed by atoms with Crippen molar-refractivity contribution >= 4 is 0 Å². The van der Waals surface area contributed by atoms with Gasteiger partial charge in [0, 0.05) is 6.07 Å². The van der Waals surface area contributed by atoms with E-state index in [9.17, 15) is 4.39 Å². The monoisotopic (exact) mass is 331 g/mol. The fourth-order valence-electron chi connectivity index (χ4n) is 2.98. The predicted molar refractivity (Wildman–Crippen MR) is 90.0 cm³/mol. The lowest BCUT2D eigenvalue weighted by Crippen LogP contribution is -2.20. The minimum atomic E-state index is -0.227. The second-order valence-corrected chi connectivity index (χ2v) is 6.04.